The number of carboxylic acid groups (broad SMARTS) is 1. The van der Waals surface area contributed by atoms with E-state index in [2.05, 4.69) is 0 Å². The van der Waals surface area contributed by atoms with Gasteiger partial charge < -0.3 is 15.1 Å². The molecule has 1 saturated heterocycles. The van der Waals surface area contributed by atoms with Gasteiger partial charge in [0.2, 0.25) is 5.91 Å². The van der Waals surface area contributed by atoms with E-state index < -0.39 is 23.0 Å². The van der Waals surface area contributed by atoms with Gasteiger partial charge in [0.25, 0.3) is 5.56 Å². The first-order chi connectivity index (χ1) is 8.99. The molecular formula is C12H14N2O5. The van der Waals surface area contributed by atoms with Crippen molar-refractivity contribution in [3.8, 4) is 5.75 Å². The van der Waals surface area contributed by atoms with Crippen LogP contribution in [0.3, 0.4) is 0 Å². The normalized spacial score (nSPS) is 14.6. The Labute approximate surface area is 108 Å². The Balaban J connectivity index is 2.31. The van der Waals surface area contributed by atoms with Crippen LogP contribution in [0.15, 0.2) is 16.9 Å². The summed E-state index contributed by atoms with van der Waals surface area (Å²) in [4.78, 5) is 36.3. The van der Waals surface area contributed by atoms with Gasteiger partial charge in [-0.05, 0) is 12.8 Å². The van der Waals surface area contributed by atoms with E-state index in [1.807, 2.05) is 0 Å². The summed E-state index contributed by atoms with van der Waals surface area (Å²) in [5, 5.41) is 18.2. The Morgan fingerprint density at radius 3 is 2.42 bits per heavy atom. The monoisotopic (exact) mass is 266 g/mol. The number of rotatable bonds is 3. The van der Waals surface area contributed by atoms with E-state index in [1.54, 1.807) is 4.90 Å². The Bertz CT molecular complexity index is 572. The first-order valence-electron chi connectivity index (χ1n) is 5.94. The molecule has 1 fully saturated rings. The van der Waals surface area contributed by atoms with Gasteiger partial charge in [0.1, 0.15) is 18.0 Å². The van der Waals surface area contributed by atoms with Crippen molar-refractivity contribution >= 4 is 11.9 Å². The van der Waals surface area contributed by atoms with Crippen LogP contribution in [0.1, 0.15) is 23.3 Å². The number of carbonyl (C=O) groups excluding carboxylic acids is 1. The number of likely N-dealkylation sites (tertiary alicyclic amines) is 1. The van der Waals surface area contributed by atoms with Crippen LogP contribution in [0, 0.1) is 0 Å². The lowest BCUT2D eigenvalue weighted by atomic mass is 10.3. The third-order valence-electron chi connectivity index (χ3n) is 3.08. The molecule has 2 heterocycles. The number of aromatic carboxylic acids is 1. The molecule has 0 atom stereocenters. The van der Waals surface area contributed by atoms with Crippen LogP contribution in [0.4, 0.5) is 0 Å². The molecule has 0 aliphatic carbocycles. The molecule has 0 unspecified atom stereocenters. The van der Waals surface area contributed by atoms with Gasteiger partial charge in [-0.1, -0.05) is 0 Å². The summed E-state index contributed by atoms with van der Waals surface area (Å²) >= 11 is 0. The third kappa shape index (κ3) is 2.75. The molecule has 1 aromatic heterocycles. The van der Waals surface area contributed by atoms with Gasteiger partial charge in [-0.25, -0.2) is 4.79 Å². The van der Waals surface area contributed by atoms with E-state index in [0.29, 0.717) is 13.1 Å². The summed E-state index contributed by atoms with van der Waals surface area (Å²) in [5.41, 5.74) is -1.09. The second-order valence-electron chi connectivity index (χ2n) is 4.42. The van der Waals surface area contributed by atoms with Crippen LogP contribution in [-0.2, 0) is 11.3 Å². The molecule has 0 radical (unpaired) electrons. The molecule has 0 bridgehead atoms. The fourth-order valence-corrected chi connectivity index (χ4v) is 2.12. The average molecular weight is 266 g/mol. The maximum atomic E-state index is 11.9. The van der Waals surface area contributed by atoms with Gasteiger partial charge in [-0.15, -0.1) is 0 Å². The van der Waals surface area contributed by atoms with E-state index >= 15 is 0 Å². The standard InChI is InChI=1S/C12H14N2O5/c15-8-5-9(12(18)19)14(10(16)6-8)7-11(17)13-3-1-2-4-13/h5-6,15H,1-4,7H2,(H,18,19). The number of aromatic nitrogens is 1. The third-order valence-corrected chi connectivity index (χ3v) is 3.08. The van der Waals surface area contributed by atoms with Crippen molar-refractivity contribution in [2.45, 2.75) is 19.4 Å². The van der Waals surface area contributed by atoms with Gasteiger partial charge in [-0.3, -0.25) is 14.2 Å². The minimum absolute atomic E-state index is 0.284. The van der Waals surface area contributed by atoms with Gasteiger partial charge in [-0.2, -0.15) is 0 Å². The molecule has 7 heteroatoms. The summed E-state index contributed by atoms with van der Waals surface area (Å²) in [6, 6.07) is 1.85. The minimum Gasteiger partial charge on any atom is -0.508 e. The van der Waals surface area contributed by atoms with Crippen molar-refractivity contribution in [3.63, 3.8) is 0 Å². The summed E-state index contributed by atoms with van der Waals surface area (Å²) in [6.07, 6.45) is 1.84. The lowest BCUT2D eigenvalue weighted by molar-refractivity contribution is -0.130. The van der Waals surface area contributed by atoms with Crippen molar-refractivity contribution in [3.05, 3.63) is 28.2 Å². The lowest BCUT2D eigenvalue weighted by Gasteiger charge is -2.17. The van der Waals surface area contributed by atoms with Crippen LogP contribution in [0.25, 0.3) is 0 Å². The van der Waals surface area contributed by atoms with Gasteiger partial charge in [0.15, 0.2) is 0 Å². The number of aromatic hydroxyl groups is 1. The molecule has 19 heavy (non-hydrogen) atoms. The number of pyridine rings is 1. The second-order valence-corrected chi connectivity index (χ2v) is 4.42. The summed E-state index contributed by atoms with van der Waals surface area (Å²) in [6.45, 7) is 0.947. The molecule has 0 spiro atoms. The van der Waals surface area contributed by atoms with E-state index in [1.165, 1.54) is 0 Å². The molecule has 0 saturated carbocycles. The average Bonchev–Trinajstić information content (AvgIpc) is 2.85. The lowest BCUT2D eigenvalue weighted by Crippen LogP contribution is -2.36. The van der Waals surface area contributed by atoms with E-state index in [9.17, 15) is 19.5 Å². The molecule has 2 rings (SSSR count). The number of carboxylic acids is 1. The van der Waals surface area contributed by atoms with Crippen molar-refractivity contribution in [2.24, 2.45) is 0 Å². The summed E-state index contributed by atoms with van der Waals surface area (Å²) < 4.78 is 0.864. The second kappa shape index (κ2) is 5.13. The van der Waals surface area contributed by atoms with Gasteiger partial charge in [0.05, 0.1) is 0 Å². The SMILES string of the molecule is O=C(O)c1cc(O)cc(=O)n1CC(=O)N1CCCC1. The molecule has 1 amide bonds. The molecule has 7 nitrogen and oxygen atoms in total. The highest BCUT2D eigenvalue weighted by Crippen LogP contribution is 2.11. The molecule has 0 aromatic carbocycles. The first-order valence-corrected chi connectivity index (χ1v) is 5.94. The Hall–Kier alpha value is -2.31. The van der Waals surface area contributed by atoms with Crippen molar-refractivity contribution in [1.29, 1.82) is 0 Å². The summed E-state index contributed by atoms with van der Waals surface area (Å²) in [5.74, 6) is -2.07. The predicted octanol–water partition coefficient (Wildman–Crippen LogP) is -0.126. The number of hydrogen-bond acceptors (Lipinski definition) is 4. The zero-order chi connectivity index (χ0) is 14.0. The molecular weight excluding hydrogens is 252 g/mol. The molecule has 1 aliphatic heterocycles. The molecule has 102 valence electrons. The van der Waals surface area contributed by atoms with Crippen LogP contribution < -0.4 is 5.56 Å². The van der Waals surface area contributed by atoms with Crippen LogP contribution in [0.2, 0.25) is 0 Å². The topological polar surface area (TPSA) is 99.8 Å². The Morgan fingerprint density at radius 1 is 1.21 bits per heavy atom. The van der Waals surface area contributed by atoms with Gasteiger partial charge in [0, 0.05) is 25.2 Å². The van der Waals surface area contributed by atoms with E-state index in [4.69, 9.17) is 5.11 Å². The van der Waals surface area contributed by atoms with E-state index in [0.717, 1.165) is 29.5 Å². The van der Waals surface area contributed by atoms with Crippen molar-refractivity contribution in [2.75, 3.05) is 13.1 Å². The highest BCUT2D eigenvalue weighted by atomic mass is 16.4. The number of nitrogens with zero attached hydrogens (tertiary/aromatic N) is 2. The highest BCUT2D eigenvalue weighted by molar-refractivity contribution is 5.87. The highest BCUT2D eigenvalue weighted by Gasteiger charge is 2.21. The van der Waals surface area contributed by atoms with Crippen molar-refractivity contribution in [1.82, 2.24) is 9.47 Å². The Morgan fingerprint density at radius 2 is 1.84 bits per heavy atom. The van der Waals surface area contributed by atoms with Gasteiger partial charge >= 0.3 is 5.97 Å². The maximum absolute atomic E-state index is 11.9. The Kier molecular flexibility index (Phi) is 3.55. The van der Waals surface area contributed by atoms with Crippen LogP contribution in [-0.4, -0.2) is 44.6 Å². The first kappa shape index (κ1) is 13.1. The molecule has 1 aromatic rings. The fourth-order valence-electron chi connectivity index (χ4n) is 2.12. The van der Waals surface area contributed by atoms with Crippen molar-refractivity contribution < 1.29 is 19.8 Å². The minimum atomic E-state index is -1.36. The fraction of sp³-hybridized carbons (Fsp3) is 0.417. The molecule has 1 aliphatic rings. The largest absolute Gasteiger partial charge is 0.508 e. The maximum Gasteiger partial charge on any atom is 0.352 e. The zero-order valence-electron chi connectivity index (χ0n) is 10.2. The number of carbonyl (C=O) groups is 2. The van der Waals surface area contributed by atoms with Crippen LogP contribution >= 0.6 is 0 Å². The van der Waals surface area contributed by atoms with Crippen LogP contribution in [0.5, 0.6) is 5.75 Å². The smallest absolute Gasteiger partial charge is 0.352 e. The summed E-state index contributed by atoms with van der Waals surface area (Å²) in [7, 11) is 0. The number of hydrogen-bond donors (Lipinski definition) is 2. The quantitative estimate of drug-likeness (QED) is 0.794. The van der Waals surface area contributed by atoms with E-state index in [-0.39, 0.29) is 12.5 Å². The zero-order valence-corrected chi connectivity index (χ0v) is 10.2. The predicted molar refractivity (Wildman–Crippen MR) is 65.1 cm³/mol. The molecule has 2 N–H and O–H groups in total. The number of amides is 1.